The van der Waals surface area contributed by atoms with Gasteiger partial charge in [0, 0.05) is 5.56 Å². The fraction of sp³-hybridized carbons (Fsp3) is 0. The standard InChI is InChI=1S/C12H10N2O2/c13-10-4-5-11(14-7-10)8-2-1-3-9(6-8)12(15)16/h1-7H,13H2,(H,15,16). The number of anilines is 1. The second-order valence-electron chi connectivity index (χ2n) is 3.36. The maximum atomic E-state index is 10.8. The Morgan fingerprint density at radius 3 is 2.69 bits per heavy atom. The summed E-state index contributed by atoms with van der Waals surface area (Å²) in [4.78, 5) is 14.9. The molecule has 80 valence electrons. The number of aromatic nitrogens is 1. The predicted octanol–water partition coefficient (Wildman–Crippen LogP) is 2.03. The van der Waals surface area contributed by atoms with Gasteiger partial charge < -0.3 is 10.8 Å². The van der Waals surface area contributed by atoms with E-state index in [1.54, 1.807) is 36.5 Å². The maximum Gasteiger partial charge on any atom is 0.335 e. The second-order valence-corrected chi connectivity index (χ2v) is 3.36. The van der Waals surface area contributed by atoms with E-state index in [1.165, 1.54) is 0 Å². The fourth-order valence-corrected chi connectivity index (χ4v) is 1.39. The van der Waals surface area contributed by atoms with Gasteiger partial charge in [0.15, 0.2) is 0 Å². The Balaban J connectivity index is 2.44. The van der Waals surface area contributed by atoms with Crippen LogP contribution in [0.2, 0.25) is 0 Å². The second kappa shape index (κ2) is 4.02. The number of aromatic carboxylic acids is 1. The lowest BCUT2D eigenvalue weighted by Crippen LogP contribution is -1.96. The van der Waals surface area contributed by atoms with Crippen LogP contribution in [0.1, 0.15) is 10.4 Å². The monoisotopic (exact) mass is 214 g/mol. The average molecular weight is 214 g/mol. The Bertz CT molecular complexity index is 521. The summed E-state index contributed by atoms with van der Waals surface area (Å²) >= 11 is 0. The maximum absolute atomic E-state index is 10.8. The SMILES string of the molecule is Nc1ccc(-c2cccc(C(=O)O)c2)nc1. The first-order valence-electron chi connectivity index (χ1n) is 4.72. The van der Waals surface area contributed by atoms with Gasteiger partial charge in [-0.25, -0.2) is 4.79 Å². The van der Waals surface area contributed by atoms with Crippen molar-refractivity contribution in [1.82, 2.24) is 4.98 Å². The lowest BCUT2D eigenvalue weighted by atomic mass is 10.1. The van der Waals surface area contributed by atoms with Gasteiger partial charge in [-0.3, -0.25) is 4.98 Å². The van der Waals surface area contributed by atoms with Crippen molar-refractivity contribution >= 4 is 11.7 Å². The summed E-state index contributed by atoms with van der Waals surface area (Å²) in [6.45, 7) is 0. The molecule has 0 bridgehead atoms. The van der Waals surface area contributed by atoms with Gasteiger partial charge >= 0.3 is 5.97 Å². The minimum absolute atomic E-state index is 0.246. The molecule has 0 amide bonds. The Morgan fingerprint density at radius 2 is 2.06 bits per heavy atom. The fourth-order valence-electron chi connectivity index (χ4n) is 1.39. The number of nitrogen functional groups attached to an aromatic ring is 1. The van der Waals surface area contributed by atoms with Crippen LogP contribution in [0.3, 0.4) is 0 Å². The molecule has 1 aromatic heterocycles. The zero-order valence-corrected chi connectivity index (χ0v) is 8.42. The van der Waals surface area contributed by atoms with E-state index in [0.717, 1.165) is 5.56 Å². The number of hydrogen-bond acceptors (Lipinski definition) is 3. The van der Waals surface area contributed by atoms with E-state index in [-0.39, 0.29) is 5.56 Å². The van der Waals surface area contributed by atoms with Crippen molar-refractivity contribution < 1.29 is 9.90 Å². The lowest BCUT2D eigenvalue weighted by Gasteiger charge is -2.02. The van der Waals surface area contributed by atoms with Gasteiger partial charge in [0.2, 0.25) is 0 Å². The molecule has 0 atom stereocenters. The van der Waals surface area contributed by atoms with Gasteiger partial charge in [0.05, 0.1) is 23.1 Å². The summed E-state index contributed by atoms with van der Waals surface area (Å²) in [5.74, 6) is -0.947. The molecule has 0 radical (unpaired) electrons. The number of pyridine rings is 1. The number of nitrogens with zero attached hydrogens (tertiary/aromatic N) is 1. The third-order valence-electron chi connectivity index (χ3n) is 2.19. The zero-order valence-electron chi connectivity index (χ0n) is 8.42. The minimum atomic E-state index is -0.947. The number of carboxylic acid groups (broad SMARTS) is 1. The van der Waals surface area contributed by atoms with Crippen LogP contribution in [0.4, 0.5) is 5.69 Å². The number of benzene rings is 1. The first-order chi connectivity index (χ1) is 7.66. The van der Waals surface area contributed by atoms with Crippen LogP contribution < -0.4 is 5.73 Å². The highest BCUT2D eigenvalue weighted by molar-refractivity contribution is 5.89. The molecule has 0 aliphatic carbocycles. The van der Waals surface area contributed by atoms with Crippen molar-refractivity contribution in [3.8, 4) is 11.3 Å². The van der Waals surface area contributed by atoms with Gasteiger partial charge in [-0.1, -0.05) is 12.1 Å². The number of hydrogen-bond donors (Lipinski definition) is 2. The van der Waals surface area contributed by atoms with Crippen molar-refractivity contribution in [3.63, 3.8) is 0 Å². The molecule has 0 fully saturated rings. The van der Waals surface area contributed by atoms with Crippen molar-refractivity contribution in [2.45, 2.75) is 0 Å². The summed E-state index contributed by atoms with van der Waals surface area (Å²) < 4.78 is 0. The van der Waals surface area contributed by atoms with Crippen molar-refractivity contribution in [1.29, 1.82) is 0 Å². The molecule has 0 spiro atoms. The van der Waals surface area contributed by atoms with Crippen LogP contribution in [0.25, 0.3) is 11.3 Å². The predicted molar refractivity (Wildman–Crippen MR) is 61.0 cm³/mol. The van der Waals surface area contributed by atoms with Gasteiger partial charge in [-0.15, -0.1) is 0 Å². The van der Waals surface area contributed by atoms with Gasteiger partial charge in [-0.2, -0.15) is 0 Å². The lowest BCUT2D eigenvalue weighted by molar-refractivity contribution is 0.0697. The van der Waals surface area contributed by atoms with E-state index >= 15 is 0 Å². The first-order valence-corrected chi connectivity index (χ1v) is 4.72. The number of carbonyl (C=O) groups is 1. The third kappa shape index (κ3) is 2.00. The summed E-state index contributed by atoms with van der Waals surface area (Å²) in [5, 5.41) is 8.86. The first kappa shape index (κ1) is 10.2. The Morgan fingerprint density at radius 1 is 1.25 bits per heavy atom. The minimum Gasteiger partial charge on any atom is -0.478 e. The molecule has 0 aliphatic rings. The summed E-state index contributed by atoms with van der Waals surface area (Å²) in [6, 6.07) is 10.1. The molecule has 4 nitrogen and oxygen atoms in total. The Hall–Kier alpha value is -2.36. The van der Waals surface area contributed by atoms with Crippen LogP contribution >= 0.6 is 0 Å². The summed E-state index contributed by atoms with van der Waals surface area (Å²) in [5.41, 5.74) is 7.82. The van der Waals surface area contributed by atoms with Crippen LogP contribution in [-0.4, -0.2) is 16.1 Å². The molecule has 1 aromatic carbocycles. The van der Waals surface area contributed by atoms with Crippen LogP contribution in [-0.2, 0) is 0 Å². The quantitative estimate of drug-likeness (QED) is 0.801. The topological polar surface area (TPSA) is 76.2 Å². The molecule has 3 N–H and O–H groups in total. The molecule has 0 unspecified atom stereocenters. The van der Waals surface area contributed by atoms with Crippen LogP contribution in [0, 0.1) is 0 Å². The molecular weight excluding hydrogens is 204 g/mol. The van der Waals surface area contributed by atoms with Gasteiger partial charge in [-0.05, 0) is 24.3 Å². The summed E-state index contributed by atoms with van der Waals surface area (Å²) in [7, 11) is 0. The summed E-state index contributed by atoms with van der Waals surface area (Å²) in [6.07, 6.45) is 1.54. The third-order valence-corrected chi connectivity index (χ3v) is 2.19. The van der Waals surface area contributed by atoms with E-state index < -0.39 is 5.97 Å². The van der Waals surface area contributed by atoms with E-state index in [2.05, 4.69) is 4.98 Å². The number of carboxylic acids is 1. The Labute approximate surface area is 92.4 Å². The highest BCUT2D eigenvalue weighted by Gasteiger charge is 2.05. The number of nitrogens with two attached hydrogens (primary N) is 1. The Kier molecular flexibility index (Phi) is 2.55. The zero-order chi connectivity index (χ0) is 11.5. The van der Waals surface area contributed by atoms with Gasteiger partial charge in [0.1, 0.15) is 0 Å². The molecular formula is C12H10N2O2. The van der Waals surface area contributed by atoms with Crippen molar-refractivity contribution in [2.75, 3.05) is 5.73 Å². The molecule has 1 heterocycles. The van der Waals surface area contributed by atoms with Crippen LogP contribution in [0.5, 0.6) is 0 Å². The van der Waals surface area contributed by atoms with Crippen molar-refractivity contribution in [2.24, 2.45) is 0 Å². The molecule has 0 saturated heterocycles. The molecule has 4 heteroatoms. The highest BCUT2D eigenvalue weighted by atomic mass is 16.4. The van der Waals surface area contributed by atoms with Gasteiger partial charge in [0.25, 0.3) is 0 Å². The number of rotatable bonds is 2. The van der Waals surface area contributed by atoms with E-state index in [9.17, 15) is 4.79 Å². The van der Waals surface area contributed by atoms with E-state index in [0.29, 0.717) is 11.4 Å². The molecule has 0 aliphatic heterocycles. The van der Waals surface area contributed by atoms with Crippen molar-refractivity contribution in [3.05, 3.63) is 48.2 Å². The molecule has 2 aromatic rings. The normalized spacial score (nSPS) is 10.0. The molecule has 2 rings (SSSR count). The smallest absolute Gasteiger partial charge is 0.335 e. The average Bonchev–Trinajstić information content (AvgIpc) is 2.30. The van der Waals surface area contributed by atoms with Crippen LogP contribution in [0.15, 0.2) is 42.6 Å². The molecule has 0 saturated carbocycles. The van der Waals surface area contributed by atoms with E-state index in [1.807, 2.05) is 6.07 Å². The van der Waals surface area contributed by atoms with E-state index in [4.69, 9.17) is 10.8 Å². The highest BCUT2D eigenvalue weighted by Crippen LogP contribution is 2.18. The molecule has 16 heavy (non-hydrogen) atoms. The largest absolute Gasteiger partial charge is 0.478 e.